The van der Waals surface area contributed by atoms with E-state index in [1.807, 2.05) is 0 Å². The van der Waals surface area contributed by atoms with Crippen molar-refractivity contribution in [3.8, 4) is 0 Å². The fraction of sp³-hybridized carbons (Fsp3) is 0.625. The monoisotopic (exact) mass is 326 g/mol. The Kier molecular flexibility index (Phi) is 7.47. The van der Waals surface area contributed by atoms with Gasteiger partial charge in [-0.15, -0.1) is 0 Å². The molecule has 0 atom stereocenters. The van der Waals surface area contributed by atoms with Crippen LogP contribution in [0.5, 0.6) is 0 Å². The Balaban J connectivity index is 2.83. The number of nitrogens with two attached hydrogens (primary N) is 1. The number of halogens is 1. The van der Waals surface area contributed by atoms with Crippen LogP contribution < -0.4 is 10.6 Å². The van der Waals surface area contributed by atoms with Gasteiger partial charge in [0.1, 0.15) is 0 Å². The molecule has 0 saturated heterocycles. The van der Waals surface area contributed by atoms with E-state index in [0.717, 1.165) is 13.0 Å². The Bertz CT molecular complexity index is 377. The van der Waals surface area contributed by atoms with Crippen LogP contribution in [0.1, 0.15) is 45.6 Å². The molecule has 19 heavy (non-hydrogen) atoms. The van der Waals surface area contributed by atoms with Gasteiger partial charge in [-0.05, 0) is 66.9 Å². The van der Waals surface area contributed by atoms with Crippen molar-refractivity contribution in [2.75, 3.05) is 18.0 Å². The van der Waals surface area contributed by atoms with E-state index in [-0.39, 0.29) is 0 Å². The van der Waals surface area contributed by atoms with Crippen molar-refractivity contribution in [2.45, 2.75) is 52.5 Å². The van der Waals surface area contributed by atoms with Crippen LogP contribution in [0.3, 0.4) is 0 Å². The van der Waals surface area contributed by atoms with E-state index < -0.39 is 0 Å². The first kappa shape index (κ1) is 16.5. The molecule has 3 heteroatoms. The SMILES string of the molecule is CCCCCN(c1ccc(CCN)cc1Br)C(C)C. The van der Waals surface area contributed by atoms with E-state index in [4.69, 9.17) is 5.73 Å². The Labute approximate surface area is 126 Å². The maximum Gasteiger partial charge on any atom is 0.0513 e. The third kappa shape index (κ3) is 5.15. The van der Waals surface area contributed by atoms with Crippen molar-refractivity contribution in [1.29, 1.82) is 0 Å². The fourth-order valence-electron chi connectivity index (χ4n) is 2.29. The van der Waals surface area contributed by atoms with E-state index in [1.54, 1.807) is 0 Å². The van der Waals surface area contributed by atoms with Crippen LogP contribution in [0.25, 0.3) is 0 Å². The van der Waals surface area contributed by atoms with Crippen molar-refractivity contribution in [1.82, 2.24) is 0 Å². The van der Waals surface area contributed by atoms with Crippen molar-refractivity contribution in [2.24, 2.45) is 5.73 Å². The van der Waals surface area contributed by atoms with Gasteiger partial charge >= 0.3 is 0 Å². The normalized spacial score (nSPS) is 11.1. The second kappa shape index (κ2) is 8.60. The van der Waals surface area contributed by atoms with Crippen molar-refractivity contribution >= 4 is 21.6 Å². The molecular weight excluding hydrogens is 300 g/mol. The number of hydrogen-bond donors (Lipinski definition) is 1. The first-order valence-electron chi connectivity index (χ1n) is 7.35. The number of hydrogen-bond acceptors (Lipinski definition) is 2. The largest absolute Gasteiger partial charge is 0.368 e. The number of anilines is 1. The van der Waals surface area contributed by atoms with E-state index in [0.29, 0.717) is 12.6 Å². The summed E-state index contributed by atoms with van der Waals surface area (Å²) in [5.74, 6) is 0. The molecule has 0 amide bonds. The third-order valence-electron chi connectivity index (χ3n) is 3.38. The van der Waals surface area contributed by atoms with Gasteiger partial charge in [0, 0.05) is 17.1 Å². The molecule has 2 nitrogen and oxygen atoms in total. The zero-order valence-corrected chi connectivity index (χ0v) is 14.0. The van der Waals surface area contributed by atoms with Gasteiger partial charge < -0.3 is 10.6 Å². The standard InChI is InChI=1S/C16H27BrN2/c1-4-5-6-11-19(13(2)3)16-8-7-14(9-10-18)12-15(16)17/h7-8,12-13H,4-6,9-11,18H2,1-3H3. The average molecular weight is 327 g/mol. The molecule has 0 unspecified atom stereocenters. The highest BCUT2D eigenvalue weighted by molar-refractivity contribution is 9.10. The summed E-state index contributed by atoms with van der Waals surface area (Å²) in [6.45, 7) is 8.59. The van der Waals surface area contributed by atoms with Crippen LogP contribution in [0.15, 0.2) is 22.7 Å². The van der Waals surface area contributed by atoms with Crippen LogP contribution in [-0.2, 0) is 6.42 Å². The zero-order chi connectivity index (χ0) is 14.3. The van der Waals surface area contributed by atoms with Crippen molar-refractivity contribution in [3.05, 3.63) is 28.2 Å². The summed E-state index contributed by atoms with van der Waals surface area (Å²) in [7, 11) is 0. The second-order valence-corrected chi connectivity index (χ2v) is 6.17. The Morgan fingerprint density at radius 3 is 2.53 bits per heavy atom. The quantitative estimate of drug-likeness (QED) is 0.719. The summed E-state index contributed by atoms with van der Waals surface area (Å²) in [6, 6.07) is 7.15. The Morgan fingerprint density at radius 1 is 1.26 bits per heavy atom. The van der Waals surface area contributed by atoms with E-state index in [9.17, 15) is 0 Å². The molecular formula is C16H27BrN2. The van der Waals surface area contributed by atoms with Crippen LogP contribution in [0.2, 0.25) is 0 Å². The maximum atomic E-state index is 5.61. The summed E-state index contributed by atoms with van der Waals surface area (Å²) in [5, 5.41) is 0. The molecule has 0 aliphatic carbocycles. The topological polar surface area (TPSA) is 29.3 Å². The Hall–Kier alpha value is -0.540. The van der Waals surface area contributed by atoms with Crippen LogP contribution >= 0.6 is 15.9 Å². The molecule has 2 N–H and O–H groups in total. The molecule has 0 radical (unpaired) electrons. The van der Waals surface area contributed by atoms with Gasteiger partial charge in [-0.25, -0.2) is 0 Å². The lowest BCUT2D eigenvalue weighted by Gasteiger charge is -2.30. The zero-order valence-electron chi connectivity index (χ0n) is 12.5. The lowest BCUT2D eigenvalue weighted by molar-refractivity contribution is 0.625. The molecule has 1 aromatic rings. The van der Waals surface area contributed by atoms with Gasteiger partial charge in [-0.1, -0.05) is 25.8 Å². The molecule has 0 fully saturated rings. The summed E-state index contributed by atoms with van der Waals surface area (Å²) < 4.78 is 1.18. The molecule has 0 aliphatic heterocycles. The summed E-state index contributed by atoms with van der Waals surface area (Å²) in [5.41, 5.74) is 8.21. The molecule has 1 aromatic carbocycles. The Morgan fingerprint density at radius 2 is 2.00 bits per heavy atom. The van der Waals surface area contributed by atoms with Gasteiger partial charge in [-0.3, -0.25) is 0 Å². The second-order valence-electron chi connectivity index (χ2n) is 5.32. The molecule has 0 heterocycles. The van der Waals surface area contributed by atoms with E-state index >= 15 is 0 Å². The highest BCUT2D eigenvalue weighted by atomic mass is 79.9. The van der Waals surface area contributed by atoms with Gasteiger partial charge in [0.2, 0.25) is 0 Å². The minimum Gasteiger partial charge on any atom is -0.368 e. The number of nitrogens with zero attached hydrogens (tertiary/aromatic N) is 1. The first-order chi connectivity index (χ1) is 9.10. The highest BCUT2D eigenvalue weighted by Gasteiger charge is 2.13. The molecule has 0 aliphatic rings. The van der Waals surface area contributed by atoms with Gasteiger partial charge in [-0.2, -0.15) is 0 Å². The van der Waals surface area contributed by atoms with Crippen LogP contribution in [0.4, 0.5) is 5.69 Å². The number of benzene rings is 1. The van der Waals surface area contributed by atoms with Crippen molar-refractivity contribution in [3.63, 3.8) is 0 Å². The molecule has 0 bridgehead atoms. The van der Waals surface area contributed by atoms with Crippen molar-refractivity contribution < 1.29 is 0 Å². The maximum absolute atomic E-state index is 5.61. The van der Waals surface area contributed by atoms with E-state index in [1.165, 1.54) is 35.0 Å². The molecule has 0 spiro atoms. The predicted molar refractivity (Wildman–Crippen MR) is 88.9 cm³/mol. The highest BCUT2D eigenvalue weighted by Crippen LogP contribution is 2.29. The lowest BCUT2D eigenvalue weighted by Crippen LogP contribution is -2.32. The first-order valence-corrected chi connectivity index (χ1v) is 8.14. The summed E-state index contributed by atoms with van der Waals surface area (Å²) in [4.78, 5) is 2.48. The predicted octanol–water partition coefficient (Wildman–Crippen LogP) is 4.36. The molecule has 0 saturated carbocycles. The average Bonchev–Trinajstić information content (AvgIpc) is 2.36. The van der Waals surface area contributed by atoms with Crippen LogP contribution in [-0.4, -0.2) is 19.1 Å². The fourth-order valence-corrected chi connectivity index (χ4v) is 2.95. The smallest absolute Gasteiger partial charge is 0.0513 e. The summed E-state index contributed by atoms with van der Waals surface area (Å²) >= 11 is 3.71. The third-order valence-corrected chi connectivity index (χ3v) is 4.02. The van der Waals surface area contributed by atoms with Gasteiger partial charge in [0.05, 0.1) is 5.69 Å². The van der Waals surface area contributed by atoms with Gasteiger partial charge in [0.25, 0.3) is 0 Å². The number of unbranched alkanes of at least 4 members (excludes halogenated alkanes) is 2. The lowest BCUT2D eigenvalue weighted by atomic mass is 10.1. The minimum absolute atomic E-state index is 0.522. The molecule has 0 aromatic heterocycles. The van der Waals surface area contributed by atoms with E-state index in [2.05, 4.69) is 59.8 Å². The van der Waals surface area contributed by atoms with Crippen LogP contribution in [0, 0.1) is 0 Å². The minimum atomic E-state index is 0.522. The number of rotatable bonds is 8. The molecule has 108 valence electrons. The molecule has 1 rings (SSSR count). The van der Waals surface area contributed by atoms with Gasteiger partial charge in [0.15, 0.2) is 0 Å². The summed E-state index contributed by atoms with van der Waals surface area (Å²) in [6.07, 6.45) is 4.76.